The molecule has 1 aromatic rings. The number of ether oxygens (including phenoxy) is 1. The van der Waals surface area contributed by atoms with Crippen molar-refractivity contribution in [3.63, 3.8) is 0 Å². The van der Waals surface area contributed by atoms with Gasteiger partial charge in [0.05, 0.1) is 12.0 Å². The van der Waals surface area contributed by atoms with Crippen molar-refractivity contribution < 1.29 is 9.53 Å². The summed E-state index contributed by atoms with van der Waals surface area (Å²) in [5.74, 6) is 0.178. The number of nitrogens with zero attached hydrogens (tertiary/aromatic N) is 4. The molecule has 8 nitrogen and oxygen atoms in total. The summed E-state index contributed by atoms with van der Waals surface area (Å²) < 4.78 is 5.34. The third-order valence-corrected chi connectivity index (χ3v) is 5.64. The number of primary amides is 1. The fraction of sp³-hybridized carbons (Fsp3) is 0.667. The Morgan fingerprint density at radius 3 is 2.58 bits per heavy atom. The largest absolute Gasteiger partial charge is 0.381 e. The maximum atomic E-state index is 11.9. The third kappa shape index (κ3) is 3.62. The number of carbonyl (C=O) groups is 1. The molecule has 0 bridgehead atoms. The van der Waals surface area contributed by atoms with Crippen LogP contribution in [0.2, 0.25) is 0 Å². The second kappa shape index (κ2) is 7.35. The van der Waals surface area contributed by atoms with Gasteiger partial charge in [0, 0.05) is 51.0 Å². The summed E-state index contributed by atoms with van der Waals surface area (Å²) in [6, 6.07) is 0. The van der Waals surface area contributed by atoms with Crippen molar-refractivity contribution in [1.82, 2.24) is 9.88 Å². The van der Waals surface area contributed by atoms with Crippen LogP contribution in [-0.2, 0) is 9.53 Å². The number of nitrogens with two attached hydrogens (primary N) is 2. The number of guanidine groups is 1. The normalized spacial score (nSPS) is 21.8. The lowest BCUT2D eigenvalue weighted by atomic mass is 9.79. The van der Waals surface area contributed by atoms with Gasteiger partial charge in [-0.3, -0.25) is 9.79 Å². The van der Waals surface area contributed by atoms with Crippen LogP contribution in [0.4, 0.5) is 5.13 Å². The molecule has 1 aromatic heterocycles. The van der Waals surface area contributed by atoms with Crippen LogP contribution in [0.25, 0.3) is 0 Å². The molecule has 0 radical (unpaired) electrons. The zero-order valence-corrected chi connectivity index (χ0v) is 14.5. The van der Waals surface area contributed by atoms with Crippen LogP contribution in [0.3, 0.4) is 0 Å². The summed E-state index contributed by atoms with van der Waals surface area (Å²) in [7, 11) is 0. The SMILES string of the molecule is NC(=O)C1(CN=C(N)N2CCN(c3nccs3)CC2)CCOCC1. The maximum absolute atomic E-state index is 11.9. The van der Waals surface area contributed by atoms with E-state index in [0.29, 0.717) is 38.6 Å². The number of rotatable bonds is 4. The van der Waals surface area contributed by atoms with Crippen molar-refractivity contribution in [2.45, 2.75) is 12.8 Å². The van der Waals surface area contributed by atoms with Crippen LogP contribution >= 0.6 is 11.3 Å². The number of thiazole rings is 1. The first kappa shape index (κ1) is 17.0. The van der Waals surface area contributed by atoms with Crippen molar-refractivity contribution >= 4 is 28.3 Å². The second-order valence-electron chi connectivity index (χ2n) is 6.22. The second-order valence-corrected chi connectivity index (χ2v) is 7.09. The van der Waals surface area contributed by atoms with E-state index in [9.17, 15) is 4.79 Å². The number of anilines is 1. The van der Waals surface area contributed by atoms with Crippen molar-refractivity contribution in [3.05, 3.63) is 11.6 Å². The summed E-state index contributed by atoms with van der Waals surface area (Å²) in [5, 5.41) is 3.02. The van der Waals surface area contributed by atoms with Gasteiger partial charge < -0.3 is 26.0 Å². The van der Waals surface area contributed by atoms with Gasteiger partial charge in [-0.1, -0.05) is 0 Å². The van der Waals surface area contributed by atoms with E-state index in [2.05, 4.69) is 19.8 Å². The smallest absolute Gasteiger partial charge is 0.225 e. The molecule has 9 heteroatoms. The molecule has 1 amide bonds. The van der Waals surface area contributed by atoms with Gasteiger partial charge in [-0.15, -0.1) is 11.3 Å². The Labute approximate surface area is 145 Å². The monoisotopic (exact) mass is 352 g/mol. The van der Waals surface area contributed by atoms with Crippen LogP contribution in [0.1, 0.15) is 12.8 Å². The van der Waals surface area contributed by atoms with Crippen LogP contribution in [0.15, 0.2) is 16.6 Å². The number of aliphatic imine (C=N–C) groups is 1. The lowest BCUT2D eigenvalue weighted by Gasteiger charge is -2.36. The molecule has 0 unspecified atom stereocenters. The highest BCUT2D eigenvalue weighted by molar-refractivity contribution is 7.13. The first-order valence-electron chi connectivity index (χ1n) is 8.18. The summed E-state index contributed by atoms with van der Waals surface area (Å²) in [5.41, 5.74) is 11.1. The van der Waals surface area contributed by atoms with E-state index in [1.807, 2.05) is 11.6 Å². The molecule has 3 heterocycles. The summed E-state index contributed by atoms with van der Waals surface area (Å²) in [4.78, 5) is 25.0. The van der Waals surface area contributed by atoms with E-state index in [1.165, 1.54) is 0 Å². The lowest BCUT2D eigenvalue weighted by molar-refractivity contribution is -0.132. The van der Waals surface area contributed by atoms with E-state index in [-0.39, 0.29) is 5.91 Å². The minimum atomic E-state index is -0.619. The Kier molecular flexibility index (Phi) is 5.20. The van der Waals surface area contributed by atoms with Gasteiger partial charge in [-0.05, 0) is 12.8 Å². The minimum absolute atomic E-state index is 0.309. The van der Waals surface area contributed by atoms with Crippen molar-refractivity contribution in [3.8, 4) is 0 Å². The van der Waals surface area contributed by atoms with Crippen molar-refractivity contribution in [2.75, 3.05) is 50.8 Å². The molecule has 3 rings (SSSR count). The number of hydrogen-bond acceptors (Lipinski definition) is 6. The summed E-state index contributed by atoms with van der Waals surface area (Å²) in [6.07, 6.45) is 3.03. The maximum Gasteiger partial charge on any atom is 0.225 e. The summed E-state index contributed by atoms with van der Waals surface area (Å²) >= 11 is 1.64. The molecule has 0 atom stereocenters. The zero-order chi connectivity index (χ0) is 17.0. The van der Waals surface area contributed by atoms with Crippen LogP contribution < -0.4 is 16.4 Å². The molecule has 2 fully saturated rings. The zero-order valence-electron chi connectivity index (χ0n) is 13.7. The molecule has 2 aliphatic rings. The van der Waals surface area contributed by atoms with E-state index in [0.717, 1.165) is 31.3 Å². The molecular formula is C15H24N6O2S. The first-order chi connectivity index (χ1) is 11.6. The van der Waals surface area contributed by atoms with Gasteiger partial charge in [0.15, 0.2) is 11.1 Å². The van der Waals surface area contributed by atoms with Crippen molar-refractivity contribution in [1.29, 1.82) is 0 Å². The molecule has 132 valence electrons. The predicted molar refractivity (Wildman–Crippen MR) is 94.1 cm³/mol. The highest BCUT2D eigenvalue weighted by Gasteiger charge is 2.38. The summed E-state index contributed by atoms with van der Waals surface area (Å²) in [6.45, 7) is 4.74. The van der Waals surface area contributed by atoms with Crippen LogP contribution in [-0.4, -0.2) is 67.7 Å². The average molecular weight is 352 g/mol. The van der Waals surface area contributed by atoms with Gasteiger partial charge in [-0.25, -0.2) is 4.98 Å². The van der Waals surface area contributed by atoms with Gasteiger partial charge in [0.2, 0.25) is 5.91 Å². The number of amides is 1. The van der Waals surface area contributed by atoms with E-state index in [1.54, 1.807) is 11.3 Å². The van der Waals surface area contributed by atoms with E-state index >= 15 is 0 Å². The average Bonchev–Trinajstić information content (AvgIpc) is 3.15. The number of hydrogen-bond donors (Lipinski definition) is 2. The number of carbonyl (C=O) groups excluding carboxylic acids is 1. The Morgan fingerprint density at radius 2 is 2.00 bits per heavy atom. The topological polar surface area (TPSA) is 110 Å². The van der Waals surface area contributed by atoms with Crippen LogP contribution in [0, 0.1) is 5.41 Å². The molecular weight excluding hydrogens is 328 g/mol. The number of piperazine rings is 1. The lowest BCUT2D eigenvalue weighted by Crippen LogP contribution is -2.52. The van der Waals surface area contributed by atoms with Crippen molar-refractivity contribution in [2.24, 2.45) is 21.9 Å². The molecule has 2 saturated heterocycles. The highest BCUT2D eigenvalue weighted by Crippen LogP contribution is 2.30. The predicted octanol–water partition coefficient (Wildman–Crippen LogP) is -0.138. The van der Waals surface area contributed by atoms with Crippen LogP contribution in [0.5, 0.6) is 0 Å². The Balaban J connectivity index is 1.57. The van der Waals surface area contributed by atoms with Gasteiger partial charge in [0.25, 0.3) is 0 Å². The first-order valence-corrected chi connectivity index (χ1v) is 9.06. The van der Waals surface area contributed by atoms with Gasteiger partial charge >= 0.3 is 0 Å². The van der Waals surface area contributed by atoms with Gasteiger partial charge in [-0.2, -0.15) is 0 Å². The molecule has 0 spiro atoms. The highest BCUT2D eigenvalue weighted by atomic mass is 32.1. The molecule has 0 aromatic carbocycles. The molecule has 0 aliphatic carbocycles. The van der Waals surface area contributed by atoms with Gasteiger partial charge in [0.1, 0.15) is 0 Å². The molecule has 2 aliphatic heterocycles. The van der Waals surface area contributed by atoms with E-state index < -0.39 is 5.41 Å². The fourth-order valence-corrected chi connectivity index (χ4v) is 3.77. The van der Waals surface area contributed by atoms with E-state index in [4.69, 9.17) is 16.2 Å². The minimum Gasteiger partial charge on any atom is -0.381 e. The molecule has 24 heavy (non-hydrogen) atoms. The number of aromatic nitrogens is 1. The Bertz CT molecular complexity index is 577. The quantitative estimate of drug-likeness (QED) is 0.577. The third-order valence-electron chi connectivity index (χ3n) is 4.81. The Hall–Kier alpha value is -1.87. The Morgan fingerprint density at radius 1 is 1.29 bits per heavy atom. The molecule has 0 saturated carbocycles. The fourth-order valence-electron chi connectivity index (χ4n) is 3.08. The molecule has 4 N–H and O–H groups in total. The standard InChI is InChI=1S/C15H24N6O2S/c16-12(22)15(1-8-23-9-2-15)11-19-13(17)20-4-6-21(7-5-20)14-18-3-10-24-14/h3,10H,1-2,4-9,11H2,(H2,16,22)(H2,17,19).